The number of carbonyl (C=O) groups is 1. The Hall–Kier alpha value is -1.55. The summed E-state index contributed by atoms with van der Waals surface area (Å²) in [6, 6.07) is 6.94. The van der Waals surface area contributed by atoms with E-state index in [1.54, 1.807) is 24.3 Å². The van der Waals surface area contributed by atoms with Crippen LogP contribution in [0.15, 0.2) is 24.3 Å². The molecule has 0 aliphatic heterocycles. The summed E-state index contributed by atoms with van der Waals surface area (Å²) in [5, 5.41) is 12.3. The summed E-state index contributed by atoms with van der Waals surface area (Å²) in [6.45, 7) is 0.525. The Labute approximate surface area is 101 Å². The molecule has 1 unspecified atom stereocenters. The van der Waals surface area contributed by atoms with Gasteiger partial charge in [0, 0.05) is 18.2 Å². The minimum atomic E-state index is -0.0948. The van der Waals surface area contributed by atoms with Gasteiger partial charge in [-0.3, -0.25) is 4.79 Å². The molecule has 0 spiro atoms. The lowest BCUT2D eigenvalue weighted by atomic mass is 10.1. The van der Waals surface area contributed by atoms with E-state index in [-0.39, 0.29) is 24.1 Å². The molecule has 0 bridgehead atoms. The van der Waals surface area contributed by atoms with Crippen molar-refractivity contribution in [2.45, 2.75) is 25.3 Å². The van der Waals surface area contributed by atoms with E-state index in [1.807, 2.05) is 0 Å². The van der Waals surface area contributed by atoms with Gasteiger partial charge in [0.1, 0.15) is 5.75 Å². The second-order valence-electron chi connectivity index (χ2n) is 4.61. The summed E-state index contributed by atoms with van der Waals surface area (Å²) in [7, 11) is 0. The summed E-state index contributed by atoms with van der Waals surface area (Å²) in [4.78, 5) is 11.6. The van der Waals surface area contributed by atoms with Gasteiger partial charge in [-0.25, -0.2) is 0 Å². The zero-order valence-corrected chi connectivity index (χ0v) is 9.73. The van der Waals surface area contributed by atoms with E-state index < -0.39 is 0 Å². The number of aromatic hydroxyl groups is 1. The lowest BCUT2D eigenvalue weighted by Gasteiger charge is -2.11. The van der Waals surface area contributed by atoms with Gasteiger partial charge in [-0.15, -0.1) is 0 Å². The van der Waals surface area contributed by atoms with Crippen LogP contribution in [-0.4, -0.2) is 23.6 Å². The molecule has 92 valence electrons. The van der Waals surface area contributed by atoms with Crippen molar-refractivity contribution in [1.29, 1.82) is 0 Å². The second kappa shape index (κ2) is 5.19. The maximum atomic E-state index is 11.6. The van der Waals surface area contributed by atoms with E-state index in [9.17, 15) is 9.90 Å². The molecule has 2 rings (SSSR count). The third-order valence-corrected chi connectivity index (χ3v) is 3.11. The quantitative estimate of drug-likeness (QED) is 0.705. The summed E-state index contributed by atoms with van der Waals surface area (Å²) in [6.07, 6.45) is 2.55. The minimum Gasteiger partial charge on any atom is -0.508 e. The van der Waals surface area contributed by atoms with E-state index in [0.29, 0.717) is 18.0 Å². The molecule has 4 heteroatoms. The van der Waals surface area contributed by atoms with Gasteiger partial charge in [0.25, 0.3) is 0 Å². The van der Waals surface area contributed by atoms with E-state index in [0.717, 1.165) is 0 Å². The molecule has 17 heavy (non-hydrogen) atoms. The van der Waals surface area contributed by atoms with Crippen molar-refractivity contribution < 1.29 is 9.90 Å². The minimum absolute atomic E-state index is 0.0725. The van der Waals surface area contributed by atoms with Gasteiger partial charge in [-0.1, -0.05) is 18.2 Å². The van der Waals surface area contributed by atoms with Crippen molar-refractivity contribution in [3.63, 3.8) is 0 Å². The number of benzene rings is 1. The van der Waals surface area contributed by atoms with Crippen LogP contribution >= 0.6 is 0 Å². The molecule has 0 saturated heterocycles. The van der Waals surface area contributed by atoms with Crippen LogP contribution in [-0.2, 0) is 11.2 Å². The number of phenols is 1. The van der Waals surface area contributed by atoms with Crippen LogP contribution in [0.4, 0.5) is 0 Å². The molecule has 4 nitrogen and oxygen atoms in total. The SMILES string of the molecule is NC(CNC(=O)Cc1ccccc1O)C1CC1. The predicted octanol–water partition coefficient (Wildman–Crippen LogP) is 0.788. The fourth-order valence-corrected chi connectivity index (χ4v) is 1.82. The van der Waals surface area contributed by atoms with Crippen LogP contribution in [0.2, 0.25) is 0 Å². The molecule has 1 aromatic rings. The smallest absolute Gasteiger partial charge is 0.224 e. The highest BCUT2D eigenvalue weighted by Gasteiger charge is 2.28. The number of nitrogens with one attached hydrogen (secondary N) is 1. The van der Waals surface area contributed by atoms with Gasteiger partial charge in [-0.05, 0) is 24.8 Å². The van der Waals surface area contributed by atoms with Gasteiger partial charge in [0.15, 0.2) is 0 Å². The Balaban J connectivity index is 1.78. The first-order valence-electron chi connectivity index (χ1n) is 5.96. The third kappa shape index (κ3) is 3.46. The number of phenolic OH excluding ortho intramolecular Hbond substituents is 1. The highest BCUT2D eigenvalue weighted by atomic mass is 16.3. The van der Waals surface area contributed by atoms with Crippen molar-refractivity contribution in [2.75, 3.05) is 6.54 Å². The lowest BCUT2D eigenvalue weighted by molar-refractivity contribution is -0.120. The molecule has 1 saturated carbocycles. The Morgan fingerprint density at radius 2 is 2.18 bits per heavy atom. The van der Waals surface area contributed by atoms with Crippen molar-refractivity contribution >= 4 is 5.91 Å². The Bertz CT molecular complexity index is 402. The van der Waals surface area contributed by atoms with E-state index in [4.69, 9.17) is 5.73 Å². The highest BCUT2D eigenvalue weighted by Crippen LogP contribution is 2.31. The normalized spacial score (nSPS) is 16.5. The summed E-state index contributed by atoms with van der Waals surface area (Å²) in [5.74, 6) is 0.650. The molecular weight excluding hydrogens is 216 g/mol. The summed E-state index contributed by atoms with van der Waals surface area (Å²) >= 11 is 0. The first kappa shape index (κ1) is 11.9. The van der Waals surface area contributed by atoms with Crippen LogP contribution in [0.5, 0.6) is 5.75 Å². The van der Waals surface area contributed by atoms with Crippen LogP contribution in [0, 0.1) is 5.92 Å². The monoisotopic (exact) mass is 234 g/mol. The van der Waals surface area contributed by atoms with Crippen LogP contribution in [0.1, 0.15) is 18.4 Å². The van der Waals surface area contributed by atoms with Gasteiger partial charge in [0.2, 0.25) is 5.91 Å². The highest BCUT2D eigenvalue weighted by molar-refractivity contribution is 5.79. The van der Waals surface area contributed by atoms with Gasteiger partial charge < -0.3 is 16.2 Å². The molecule has 1 aromatic carbocycles. The number of amides is 1. The number of rotatable bonds is 5. The first-order chi connectivity index (χ1) is 8.16. The van der Waals surface area contributed by atoms with Gasteiger partial charge in [-0.2, -0.15) is 0 Å². The third-order valence-electron chi connectivity index (χ3n) is 3.11. The molecule has 0 radical (unpaired) electrons. The zero-order valence-electron chi connectivity index (χ0n) is 9.73. The average molecular weight is 234 g/mol. The van der Waals surface area contributed by atoms with Crippen molar-refractivity contribution in [3.8, 4) is 5.75 Å². The van der Waals surface area contributed by atoms with Crippen molar-refractivity contribution in [1.82, 2.24) is 5.32 Å². The molecule has 1 fully saturated rings. The van der Waals surface area contributed by atoms with Gasteiger partial charge in [0.05, 0.1) is 6.42 Å². The largest absolute Gasteiger partial charge is 0.508 e. The Morgan fingerprint density at radius 1 is 1.47 bits per heavy atom. The maximum absolute atomic E-state index is 11.6. The topological polar surface area (TPSA) is 75.3 Å². The molecule has 4 N–H and O–H groups in total. The van der Waals surface area contributed by atoms with Crippen LogP contribution in [0.25, 0.3) is 0 Å². The maximum Gasteiger partial charge on any atom is 0.224 e. The zero-order chi connectivity index (χ0) is 12.3. The standard InChI is InChI=1S/C13H18N2O2/c14-11(9-5-6-9)8-15-13(17)7-10-3-1-2-4-12(10)16/h1-4,9,11,16H,5-8,14H2,(H,15,17). The van der Waals surface area contributed by atoms with E-state index in [1.165, 1.54) is 12.8 Å². The molecule has 1 aliphatic carbocycles. The number of hydrogen-bond donors (Lipinski definition) is 3. The second-order valence-corrected chi connectivity index (χ2v) is 4.61. The molecule has 1 amide bonds. The molecule has 0 aromatic heterocycles. The fraction of sp³-hybridized carbons (Fsp3) is 0.462. The Morgan fingerprint density at radius 3 is 2.82 bits per heavy atom. The number of nitrogens with two attached hydrogens (primary N) is 1. The summed E-state index contributed by atoms with van der Waals surface area (Å²) in [5.41, 5.74) is 6.53. The number of hydrogen-bond acceptors (Lipinski definition) is 3. The van der Waals surface area contributed by atoms with E-state index in [2.05, 4.69) is 5.32 Å². The van der Waals surface area contributed by atoms with Crippen LogP contribution < -0.4 is 11.1 Å². The molecule has 1 atom stereocenters. The average Bonchev–Trinajstić information content (AvgIpc) is 3.13. The fourth-order valence-electron chi connectivity index (χ4n) is 1.82. The summed E-state index contributed by atoms with van der Waals surface area (Å²) < 4.78 is 0. The van der Waals surface area contributed by atoms with Crippen LogP contribution in [0.3, 0.4) is 0 Å². The lowest BCUT2D eigenvalue weighted by Crippen LogP contribution is -2.39. The van der Waals surface area contributed by atoms with Crippen molar-refractivity contribution in [2.24, 2.45) is 11.7 Å². The predicted molar refractivity (Wildman–Crippen MR) is 65.5 cm³/mol. The van der Waals surface area contributed by atoms with E-state index >= 15 is 0 Å². The van der Waals surface area contributed by atoms with Gasteiger partial charge >= 0.3 is 0 Å². The van der Waals surface area contributed by atoms with Crippen molar-refractivity contribution in [3.05, 3.63) is 29.8 Å². The first-order valence-corrected chi connectivity index (χ1v) is 5.96. The number of carbonyl (C=O) groups excluding carboxylic acids is 1. The molecule has 1 aliphatic rings. The Kier molecular flexibility index (Phi) is 3.64. The number of para-hydroxylation sites is 1. The molecular formula is C13H18N2O2. The molecule has 0 heterocycles.